The summed E-state index contributed by atoms with van der Waals surface area (Å²) >= 11 is 0. The molecule has 0 aliphatic heterocycles. The Balaban J connectivity index is 4.00. The van der Waals surface area contributed by atoms with Gasteiger partial charge in [-0.3, -0.25) is 9.79 Å². The number of methoxy groups -OCH3 is 1. The van der Waals surface area contributed by atoms with E-state index in [-0.39, 0.29) is 11.9 Å². The Morgan fingerprint density at radius 2 is 2.15 bits per heavy atom. The average Bonchev–Trinajstić information content (AvgIpc) is 2.46. The number of guanidine groups is 1. The molecule has 1 atom stereocenters. The van der Waals surface area contributed by atoms with Crippen LogP contribution in [0.3, 0.4) is 0 Å². The number of carbonyl (C=O) groups is 1. The lowest BCUT2D eigenvalue weighted by Gasteiger charge is -2.23. The molecule has 0 aromatic heterocycles. The van der Waals surface area contributed by atoms with Crippen LogP contribution in [0.4, 0.5) is 0 Å². The maximum Gasteiger partial charge on any atom is 0.310 e. The first-order valence-corrected chi connectivity index (χ1v) is 7.17. The minimum Gasteiger partial charge on any atom is -0.469 e. The molecule has 0 aromatic rings. The summed E-state index contributed by atoms with van der Waals surface area (Å²) in [6, 6.07) is 0. The second kappa shape index (κ2) is 11.3. The van der Waals surface area contributed by atoms with Gasteiger partial charge in [0.2, 0.25) is 0 Å². The lowest BCUT2D eigenvalue weighted by Crippen LogP contribution is -2.42. The Bertz CT molecular complexity index is 316. The van der Waals surface area contributed by atoms with Crippen molar-refractivity contribution in [3.05, 3.63) is 12.7 Å². The van der Waals surface area contributed by atoms with Crippen LogP contribution >= 0.6 is 0 Å². The quantitative estimate of drug-likeness (QED) is 0.231. The predicted molar refractivity (Wildman–Crippen MR) is 83.8 cm³/mol. The summed E-state index contributed by atoms with van der Waals surface area (Å²) in [6.45, 7) is 7.03. The fraction of sp³-hybridized carbons (Fsp3) is 0.733. The van der Waals surface area contributed by atoms with Crippen LogP contribution in [0.15, 0.2) is 17.6 Å². The lowest BCUT2D eigenvalue weighted by atomic mass is 10.2. The van der Waals surface area contributed by atoms with Crippen molar-refractivity contribution in [3.63, 3.8) is 0 Å². The van der Waals surface area contributed by atoms with Gasteiger partial charge in [-0.2, -0.15) is 0 Å². The van der Waals surface area contributed by atoms with E-state index in [2.05, 4.69) is 21.8 Å². The molecule has 0 aliphatic carbocycles. The fourth-order valence-electron chi connectivity index (χ4n) is 1.83. The van der Waals surface area contributed by atoms with E-state index in [1.807, 2.05) is 20.0 Å². The van der Waals surface area contributed by atoms with Gasteiger partial charge in [0.15, 0.2) is 5.96 Å². The topological polar surface area (TPSA) is 53.9 Å². The van der Waals surface area contributed by atoms with E-state index in [0.29, 0.717) is 6.54 Å². The van der Waals surface area contributed by atoms with Crippen molar-refractivity contribution in [3.8, 4) is 0 Å². The molecule has 0 rings (SSSR count). The number of hydrogen-bond acceptors (Lipinski definition) is 3. The summed E-state index contributed by atoms with van der Waals surface area (Å²) in [7, 11) is 5.16. The maximum atomic E-state index is 11.3. The van der Waals surface area contributed by atoms with Crippen LogP contribution in [0.25, 0.3) is 0 Å². The second-order valence-corrected chi connectivity index (χ2v) is 4.91. The molecule has 20 heavy (non-hydrogen) atoms. The molecular formula is C15H29N3O2. The van der Waals surface area contributed by atoms with Gasteiger partial charge >= 0.3 is 5.97 Å². The molecule has 1 N–H and O–H groups in total. The third-order valence-electron chi connectivity index (χ3n) is 3.15. The summed E-state index contributed by atoms with van der Waals surface area (Å²) in [5.41, 5.74) is 0. The minimum absolute atomic E-state index is 0.183. The fourth-order valence-corrected chi connectivity index (χ4v) is 1.83. The zero-order valence-electron chi connectivity index (χ0n) is 13.3. The van der Waals surface area contributed by atoms with Crippen molar-refractivity contribution in [1.82, 2.24) is 10.2 Å². The number of esters is 1. The Labute approximate surface area is 123 Å². The van der Waals surface area contributed by atoms with E-state index >= 15 is 0 Å². The zero-order valence-corrected chi connectivity index (χ0v) is 13.3. The summed E-state index contributed by atoms with van der Waals surface area (Å²) in [6.07, 6.45) is 6.53. The molecule has 0 aliphatic rings. The molecule has 0 saturated carbocycles. The van der Waals surface area contributed by atoms with Gasteiger partial charge in [0.05, 0.1) is 13.0 Å². The van der Waals surface area contributed by atoms with Gasteiger partial charge < -0.3 is 15.0 Å². The number of nitrogens with one attached hydrogen (secondary N) is 1. The van der Waals surface area contributed by atoms with Crippen molar-refractivity contribution < 1.29 is 9.53 Å². The van der Waals surface area contributed by atoms with E-state index in [0.717, 1.165) is 25.3 Å². The van der Waals surface area contributed by atoms with Gasteiger partial charge in [0.1, 0.15) is 0 Å². The number of rotatable bonds is 9. The average molecular weight is 283 g/mol. The molecule has 0 fully saturated rings. The van der Waals surface area contributed by atoms with Gasteiger partial charge in [-0.25, -0.2) is 0 Å². The highest BCUT2D eigenvalue weighted by Gasteiger charge is 2.14. The molecule has 0 radical (unpaired) electrons. The molecular weight excluding hydrogens is 254 g/mol. The number of aliphatic imine (C=N–C) groups is 1. The number of unbranched alkanes of at least 4 members (excludes halogenated alkanes) is 3. The number of allylic oxidation sites excluding steroid dienone is 1. The van der Waals surface area contributed by atoms with E-state index in [9.17, 15) is 4.79 Å². The smallest absolute Gasteiger partial charge is 0.310 e. The van der Waals surface area contributed by atoms with Crippen LogP contribution < -0.4 is 5.32 Å². The van der Waals surface area contributed by atoms with Gasteiger partial charge in [-0.1, -0.05) is 19.4 Å². The SMILES string of the molecule is C=CCCCCCN(C)C(=NC)NCC(C)C(=O)OC. The van der Waals surface area contributed by atoms with E-state index in [1.165, 1.54) is 20.0 Å². The van der Waals surface area contributed by atoms with Crippen molar-refractivity contribution in [2.45, 2.75) is 32.6 Å². The zero-order chi connectivity index (χ0) is 15.4. The van der Waals surface area contributed by atoms with Crippen molar-refractivity contribution in [2.24, 2.45) is 10.9 Å². The molecule has 0 aromatic carbocycles. The van der Waals surface area contributed by atoms with Crippen LogP contribution in [0, 0.1) is 5.92 Å². The summed E-state index contributed by atoms with van der Waals surface area (Å²) in [5, 5.41) is 3.20. The first kappa shape index (κ1) is 18.5. The largest absolute Gasteiger partial charge is 0.469 e. The van der Waals surface area contributed by atoms with Crippen molar-refractivity contribution >= 4 is 11.9 Å². The van der Waals surface area contributed by atoms with Crippen LogP contribution in [-0.4, -0.2) is 51.1 Å². The Hall–Kier alpha value is -1.52. The lowest BCUT2D eigenvalue weighted by molar-refractivity contribution is -0.144. The van der Waals surface area contributed by atoms with E-state index in [4.69, 9.17) is 4.74 Å². The number of hydrogen-bond donors (Lipinski definition) is 1. The van der Waals surface area contributed by atoms with Crippen LogP contribution in [-0.2, 0) is 9.53 Å². The Morgan fingerprint density at radius 3 is 2.70 bits per heavy atom. The highest BCUT2D eigenvalue weighted by molar-refractivity contribution is 5.80. The molecule has 5 heteroatoms. The molecule has 0 amide bonds. The molecule has 0 spiro atoms. The third-order valence-corrected chi connectivity index (χ3v) is 3.15. The van der Waals surface area contributed by atoms with Gasteiger partial charge in [0.25, 0.3) is 0 Å². The summed E-state index contributed by atoms with van der Waals surface area (Å²) in [5.74, 6) is 0.419. The Morgan fingerprint density at radius 1 is 1.45 bits per heavy atom. The first-order valence-electron chi connectivity index (χ1n) is 7.17. The highest BCUT2D eigenvalue weighted by Crippen LogP contribution is 2.02. The maximum absolute atomic E-state index is 11.3. The molecule has 1 unspecified atom stereocenters. The number of ether oxygens (including phenoxy) is 1. The van der Waals surface area contributed by atoms with Crippen LogP contribution in [0.1, 0.15) is 32.6 Å². The molecule has 0 heterocycles. The predicted octanol–water partition coefficient (Wildman–Crippen LogP) is 2.05. The standard InChI is InChI=1S/C15H29N3O2/c1-6-7-8-9-10-11-18(4)15(16-3)17-12-13(2)14(19)20-5/h6,13H,1,7-12H2,2-5H3,(H,16,17). The third kappa shape index (κ3) is 7.81. The van der Waals surface area contributed by atoms with Crippen molar-refractivity contribution in [2.75, 3.05) is 34.3 Å². The van der Waals surface area contributed by atoms with Gasteiger partial charge in [-0.15, -0.1) is 6.58 Å². The number of carbonyl (C=O) groups excluding carboxylic acids is 1. The van der Waals surface area contributed by atoms with E-state index < -0.39 is 0 Å². The normalized spacial score (nSPS) is 12.7. The summed E-state index contributed by atoms with van der Waals surface area (Å²) in [4.78, 5) is 17.6. The van der Waals surface area contributed by atoms with Gasteiger partial charge in [-0.05, 0) is 19.3 Å². The van der Waals surface area contributed by atoms with E-state index in [1.54, 1.807) is 7.05 Å². The molecule has 116 valence electrons. The second-order valence-electron chi connectivity index (χ2n) is 4.91. The minimum atomic E-state index is -0.208. The molecule has 0 saturated heterocycles. The van der Waals surface area contributed by atoms with Gasteiger partial charge in [0, 0.05) is 27.2 Å². The molecule has 5 nitrogen and oxygen atoms in total. The van der Waals surface area contributed by atoms with Crippen LogP contribution in [0.2, 0.25) is 0 Å². The van der Waals surface area contributed by atoms with Crippen molar-refractivity contribution in [1.29, 1.82) is 0 Å². The Kier molecular flexibility index (Phi) is 10.5. The van der Waals surface area contributed by atoms with Crippen LogP contribution in [0.5, 0.6) is 0 Å². The monoisotopic (exact) mass is 283 g/mol. The highest BCUT2D eigenvalue weighted by atomic mass is 16.5. The first-order chi connectivity index (χ1) is 9.56. The molecule has 0 bridgehead atoms. The number of nitrogens with zero attached hydrogens (tertiary/aromatic N) is 2. The summed E-state index contributed by atoms with van der Waals surface area (Å²) < 4.78 is 4.70.